The van der Waals surface area contributed by atoms with Crippen LogP contribution in [0.3, 0.4) is 0 Å². The third kappa shape index (κ3) is 4.49. The maximum absolute atomic E-state index is 14.3. The molecule has 0 spiro atoms. The molecule has 33 heavy (non-hydrogen) atoms. The van der Waals surface area contributed by atoms with Gasteiger partial charge in [0.25, 0.3) is 11.8 Å². The molecule has 0 atom stereocenters. The summed E-state index contributed by atoms with van der Waals surface area (Å²) in [6.45, 7) is 0. The monoisotopic (exact) mass is 464 g/mol. The number of barbiturate groups is 1. The number of anilines is 1. The van der Waals surface area contributed by atoms with Crippen LogP contribution >= 0.6 is 11.6 Å². The number of nitrogens with one attached hydrogen (secondary N) is 1. The van der Waals surface area contributed by atoms with Crippen LogP contribution in [0.25, 0.3) is 6.08 Å². The Morgan fingerprint density at radius 3 is 2.45 bits per heavy atom. The molecule has 0 saturated carbocycles. The van der Waals surface area contributed by atoms with Crippen LogP contribution in [0.4, 0.5) is 14.9 Å². The summed E-state index contributed by atoms with van der Waals surface area (Å²) in [7, 11) is 1.51. The minimum Gasteiger partial charge on any atom is -0.497 e. The van der Waals surface area contributed by atoms with Crippen LogP contribution in [0.15, 0.2) is 72.3 Å². The molecule has 1 aliphatic heterocycles. The van der Waals surface area contributed by atoms with E-state index in [2.05, 4.69) is 5.32 Å². The third-order valence-corrected chi connectivity index (χ3v) is 5.50. The molecule has 1 fully saturated rings. The number of carbonyl (C=O) groups is 3. The number of nitrogens with zero attached hydrogens (tertiary/aromatic N) is 1. The normalized spacial score (nSPS) is 15.1. The van der Waals surface area contributed by atoms with Gasteiger partial charge in [-0.2, -0.15) is 0 Å². The van der Waals surface area contributed by atoms with Gasteiger partial charge in [0.15, 0.2) is 0 Å². The number of amides is 4. The fraction of sp³-hybridized carbons (Fsp3) is 0.0800. The van der Waals surface area contributed by atoms with Crippen molar-refractivity contribution in [1.82, 2.24) is 5.32 Å². The van der Waals surface area contributed by atoms with Crippen molar-refractivity contribution in [3.8, 4) is 5.75 Å². The average molecular weight is 465 g/mol. The Morgan fingerprint density at radius 2 is 1.73 bits per heavy atom. The molecule has 0 unspecified atom stereocenters. The number of hydrogen-bond donors (Lipinski definition) is 1. The van der Waals surface area contributed by atoms with Crippen LogP contribution in [0, 0.1) is 5.82 Å². The highest BCUT2D eigenvalue weighted by molar-refractivity contribution is 6.42. The molecule has 8 heteroatoms. The van der Waals surface area contributed by atoms with Crippen LogP contribution in [0.2, 0.25) is 5.02 Å². The molecule has 1 aliphatic rings. The topological polar surface area (TPSA) is 75.7 Å². The summed E-state index contributed by atoms with van der Waals surface area (Å²) in [6.07, 6.45) is 1.58. The van der Waals surface area contributed by atoms with Crippen LogP contribution in [-0.2, 0) is 16.0 Å². The van der Waals surface area contributed by atoms with E-state index in [0.717, 1.165) is 4.90 Å². The van der Waals surface area contributed by atoms with E-state index in [-0.39, 0.29) is 28.5 Å². The quantitative estimate of drug-likeness (QED) is 0.437. The molecule has 1 saturated heterocycles. The minimum absolute atomic E-state index is 0.154. The van der Waals surface area contributed by atoms with Gasteiger partial charge >= 0.3 is 6.03 Å². The summed E-state index contributed by atoms with van der Waals surface area (Å²) >= 11 is 6.17. The van der Waals surface area contributed by atoms with Crippen LogP contribution in [-0.4, -0.2) is 25.0 Å². The Kier molecular flexibility index (Phi) is 6.24. The van der Waals surface area contributed by atoms with Gasteiger partial charge in [-0.15, -0.1) is 0 Å². The summed E-state index contributed by atoms with van der Waals surface area (Å²) in [5, 5.41) is 2.35. The van der Waals surface area contributed by atoms with Crippen molar-refractivity contribution in [2.75, 3.05) is 12.0 Å². The molecule has 3 aromatic rings. The van der Waals surface area contributed by atoms with Crippen LogP contribution in [0.5, 0.6) is 5.75 Å². The van der Waals surface area contributed by atoms with Crippen molar-refractivity contribution in [3.63, 3.8) is 0 Å². The highest BCUT2D eigenvalue weighted by Crippen LogP contribution is 2.30. The summed E-state index contributed by atoms with van der Waals surface area (Å²) in [6, 6.07) is 16.8. The maximum atomic E-state index is 14.3. The maximum Gasteiger partial charge on any atom is 0.335 e. The van der Waals surface area contributed by atoms with Gasteiger partial charge in [-0.1, -0.05) is 48.0 Å². The fourth-order valence-corrected chi connectivity index (χ4v) is 3.73. The van der Waals surface area contributed by atoms with Gasteiger partial charge in [0.05, 0.1) is 17.8 Å². The zero-order valence-electron chi connectivity index (χ0n) is 17.5. The zero-order valence-corrected chi connectivity index (χ0v) is 18.2. The lowest BCUT2D eigenvalue weighted by Crippen LogP contribution is -2.54. The molecular formula is C25H18ClFN2O4. The number of benzene rings is 3. The Labute approximate surface area is 194 Å². The van der Waals surface area contributed by atoms with Crippen molar-refractivity contribution < 1.29 is 23.5 Å². The number of hydrogen-bond acceptors (Lipinski definition) is 4. The number of methoxy groups -OCH3 is 1. The van der Waals surface area contributed by atoms with Crippen molar-refractivity contribution in [2.45, 2.75) is 6.42 Å². The molecule has 0 bridgehead atoms. The van der Waals surface area contributed by atoms with Crippen LogP contribution < -0.4 is 15.0 Å². The number of urea groups is 1. The van der Waals surface area contributed by atoms with Crippen molar-refractivity contribution >= 4 is 41.2 Å². The Morgan fingerprint density at radius 1 is 1.00 bits per heavy atom. The van der Waals surface area contributed by atoms with Gasteiger partial charge in [0, 0.05) is 6.42 Å². The molecule has 4 amide bonds. The predicted molar refractivity (Wildman–Crippen MR) is 123 cm³/mol. The molecule has 1 N–H and O–H groups in total. The van der Waals surface area contributed by atoms with E-state index in [1.807, 2.05) is 0 Å². The molecule has 0 aliphatic carbocycles. The van der Waals surface area contributed by atoms with Crippen LogP contribution in [0.1, 0.15) is 16.7 Å². The second kappa shape index (κ2) is 9.26. The molecule has 4 rings (SSSR count). The lowest BCUT2D eigenvalue weighted by Gasteiger charge is -2.27. The summed E-state index contributed by atoms with van der Waals surface area (Å²) in [5.41, 5.74) is 1.48. The largest absolute Gasteiger partial charge is 0.497 e. The van der Waals surface area contributed by atoms with Crippen molar-refractivity contribution in [2.24, 2.45) is 0 Å². The second-order valence-corrected chi connectivity index (χ2v) is 7.65. The first-order valence-electron chi connectivity index (χ1n) is 9.95. The highest BCUT2D eigenvalue weighted by Gasteiger charge is 2.37. The summed E-state index contributed by atoms with van der Waals surface area (Å²) in [5.74, 6) is -1.48. The molecule has 0 aromatic heterocycles. The lowest BCUT2D eigenvalue weighted by molar-refractivity contribution is -0.122. The van der Waals surface area contributed by atoms with E-state index < -0.39 is 17.8 Å². The Balaban J connectivity index is 1.78. The van der Waals surface area contributed by atoms with Crippen molar-refractivity contribution in [3.05, 3.63) is 99.8 Å². The van der Waals surface area contributed by atoms with Gasteiger partial charge in [-0.3, -0.25) is 14.9 Å². The van der Waals surface area contributed by atoms with E-state index in [0.29, 0.717) is 22.4 Å². The van der Waals surface area contributed by atoms with E-state index in [1.54, 1.807) is 48.5 Å². The first kappa shape index (κ1) is 22.2. The van der Waals surface area contributed by atoms with E-state index in [1.165, 1.54) is 31.4 Å². The second-order valence-electron chi connectivity index (χ2n) is 7.24. The average Bonchev–Trinajstić information content (AvgIpc) is 2.80. The number of imide groups is 2. The fourth-order valence-electron chi connectivity index (χ4n) is 3.51. The minimum atomic E-state index is -0.892. The third-order valence-electron chi connectivity index (χ3n) is 5.18. The number of halogens is 2. The molecule has 3 aromatic carbocycles. The van der Waals surface area contributed by atoms with Gasteiger partial charge in [0.2, 0.25) is 0 Å². The van der Waals surface area contributed by atoms with Gasteiger partial charge in [-0.25, -0.2) is 14.1 Å². The van der Waals surface area contributed by atoms with Gasteiger partial charge < -0.3 is 4.74 Å². The highest BCUT2D eigenvalue weighted by atomic mass is 35.5. The van der Waals surface area contributed by atoms with E-state index in [9.17, 15) is 18.8 Å². The Hall–Kier alpha value is -3.97. The molecule has 166 valence electrons. The summed E-state index contributed by atoms with van der Waals surface area (Å²) < 4.78 is 19.6. The number of ether oxygens (including phenoxy) is 1. The Bertz CT molecular complexity index is 1310. The SMILES string of the molecule is COc1ccc(/C=C2\C(=O)NC(=O)N(c3ccccc3Cl)C2=O)c(Cc2ccccc2F)c1. The molecule has 6 nitrogen and oxygen atoms in total. The zero-order chi connectivity index (χ0) is 23.5. The molecular weight excluding hydrogens is 447 g/mol. The first-order chi connectivity index (χ1) is 15.9. The molecule has 1 heterocycles. The van der Waals surface area contributed by atoms with E-state index >= 15 is 0 Å². The first-order valence-corrected chi connectivity index (χ1v) is 10.3. The van der Waals surface area contributed by atoms with Crippen molar-refractivity contribution in [1.29, 1.82) is 0 Å². The van der Waals surface area contributed by atoms with Gasteiger partial charge in [-0.05, 0) is 53.1 Å². The standard InChI is InChI=1S/C25H18ClFN2O4/c1-33-18-11-10-15(17(13-18)12-16-6-2-4-8-21(16)27)14-19-23(30)28-25(32)29(24(19)31)22-9-5-3-7-20(22)26/h2-11,13-14H,12H2,1H3,(H,28,30,32)/b19-14+. The predicted octanol–water partition coefficient (Wildman–Crippen LogP) is 4.74. The smallest absolute Gasteiger partial charge is 0.335 e. The lowest BCUT2D eigenvalue weighted by atomic mass is 9.96. The number of rotatable bonds is 5. The number of carbonyl (C=O) groups excluding carboxylic acids is 3. The number of para-hydroxylation sites is 1. The molecule has 0 radical (unpaired) electrons. The van der Waals surface area contributed by atoms with Gasteiger partial charge in [0.1, 0.15) is 17.1 Å². The summed E-state index contributed by atoms with van der Waals surface area (Å²) in [4.78, 5) is 39.0. The van der Waals surface area contributed by atoms with E-state index in [4.69, 9.17) is 16.3 Å².